The molecule has 0 amide bonds. The second kappa shape index (κ2) is 3.99. The first-order chi connectivity index (χ1) is 4.77. The molecule has 0 spiro atoms. The highest BCUT2D eigenvalue weighted by Gasteiger charge is 2.32. The Kier molecular flexibility index (Phi) is 4.20. The van der Waals surface area contributed by atoms with E-state index in [1.807, 2.05) is 0 Å². The van der Waals surface area contributed by atoms with Gasteiger partial charge in [0.05, 0.1) is 0 Å². The Balaban J connectivity index is 4.14. The van der Waals surface area contributed by atoms with Crippen LogP contribution in [0.2, 0.25) is 0 Å². The number of phosphoric acid groups is 2. The summed E-state index contributed by atoms with van der Waals surface area (Å²) in [7, 11) is -9.79. The first-order valence-electron chi connectivity index (χ1n) is 1.94. The first kappa shape index (κ1) is 11.6. The van der Waals surface area contributed by atoms with Gasteiger partial charge in [-0.25, -0.2) is 9.13 Å². The molecule has 1 unspecified atom stereocenters. The molecule has 4 N–H and O–H groups in total. The van der Waals surface area contributed by atoms with Gasteiger partial charge in [-0.15, -0.1) is 4.89 Å². The standard InChI is InChI=1S/H5NO7P2S/c2-9(3,4)8-10(5,6)7-1-11/h1,11H,(H,5,6)(H2,2,3,4). The zero-order valence-electron chi connectivity index (χ0n) is 4.82. The van der Waals surface area contributed by atoms with Crippen LogP contribution >= 0.6 is 28.5 Å². The number of nitrogens with one attached hydrogen (secondary N) is 1. The Morgan fingerprint density at radius 2 is 1.73 bits per heavy atom. The predicted octanol–water partition coefficient (Wildman–Crippen LogP) is -0.438. The van der Waals surface area contributed by atoms with Crippen molar-refractivity contribution < 1.29 is 32.7 Å². The van der Waals surface area contributed by atoms with Crippen LogP contribution in [0.4, 0.5) is 0 Å². The van der Waals surface area contributed by atoms with E-state index >= 15 is 0 Å². The molecular formula is H5NO7P2S. The van der Waals surface area contributed by atoms with E-state index in [0.717, 1.165) is 0 Å². The molecule has 0 bridgehead atoms. The lowest BCUT2D eigenvalue weighted by Gasteiger charge is -2.09. The molecule has 0 aliphatic rings. The highest BCUT2D eigenvalue weighted by Crippen LogP contribution is 2.56. The smallest absolute Gasteiger partial charge is 0.302 e. The van der Waals surface area contributed by atoms with Gasteiger partial charge in [0.15, 0.2) is 0 Å². The maximum atomic E-state index is 10.3. The maximum absolute atomic E-state index is 10.3. The summed E-state index contributed by atoms with van der Waals surface area (Å²) in [5.74, 6) is 0. The minimum Gasteiger partial charge on any atom is -0.302 e. The molecule has 11 heavy (non-hydrogen) atoms. The summed E-state index contributed by atoms with van der Waals surface area (Å²) >= 11 is 3.13. The van der Waals surface area contributed by atoms with Gasteiger partial charge in [-0.3, -0.25) is 0 Å². The Bertz CT molecular complexity index is 206. The van der Waals surface area contributed by atoms with Gasteiger partial charge in [0, 0.05) is 0 Å². The second-order valence-corrected chi connectivity index (χ2v) is 4.16. The Labute approximate surface area is 66.9 Å². The number of rotatable bonds is 4. The predicted molar refractivity (Wildman–Crippen MR) is 36.2 cm³/mol. The van der Waals surface area contributed by atoms with Crippen molar-refractivity contribution in [3.8, 4) is 0 Å². The summed E-state index contributed by atoms with van der Waals surface area (Å²) in [6.45, 7) is 0. The van der Waals surface area contributed by atoms with Gasteiger partial charge in [0.1, 0.15) is 0 Å². The van der Waals surface area contributed by atoms with E-state index < -0.39 is 15.6 Å². The summed E-state index contributed by atoms with van der Waals surface area (Å²) in [4.78, 5) is 25.8. The van der Waals surface area contributed by atoms with Crippen molar-refractivity contribution in [1.29, 1.82) is 0 Å². The average Bonchev–Trinajstić information content (AvgIpc) is 1.55. The van der Waals surface area contributed by atoms with E-state index in [9.17, 15) is 9.13 Å². The lowest BCUT2D eigenvalue weighted by Crippen LogP contribution is -2.00. The van der Waals surface area contributed by atoms with Crippen molar-refractivity contribution in [3.63, 3.8) is 0 Å². The fourth-order valence-corrected chi connectivity index (χ4v) is 1.82. The molecule has 11 heteroatoms. The molecule has 0 radical (unpaired) electrons. The van der Waals surface area contributed by atoms with Gasteiger partial charge in [-0.1, -0.05) is 12.8 Å². The van der Waals surface area contributed by atoms with E-state index in [1.165, 1.54) is 4.89 Å². The molecule has 0 aliphatic heterocycles. The van der Waals surface area contributed by atoms with Crippen LogP contribution in [0, 0.1) is 0 Å². The van der Waals surface area contributed by atoms with Gasteiger partial charge in [-0.2, -0.15) is 8.94 Å². The second-order valence-electron chi connectivity index (χ2n) is 1.22. The van der Waals surface area contributed by atoms with Crippen LogP contribution in [0.1, 0.15) is 0 Å². The molecule has 0 saturated carbocycles. The van der Waals surface area contributed by atoms with Crippen LogP contribution in [0.3, 0.4) is 0 Å². The summed E-state index contributed by atoms with van der Waals surface area (Å²) in [6, 6.07) is 0. The Morgan fingerprint density at radius 3 is 2.00 bits per heavy atom. The summed E-state index contributed by atoms with van der Waals surface area (Å²) in [5.41, 5.74) is 0. The molecule has 0 rings (SSSR count). The van der Waals surface area contributed by atoms with Crippen LogP contribution in [0.25, 0.3) is 0 Å². The molecule has 0 aromatic heterocycles. The minimum absolute atomic E-state index is 1.44. The molecule has 8 nitrogen and oxygen atoms in total. The zero-order chi connectivity index (χ0) is 9.12. The van der Waals surface area contributed by atoms with Crippen molar-refractivity contribution in [2.75, 3.05) is 0 Å². The van der Waals surface area contributed by atoms with E-state index in [2.05, 4.69) is 21.7 Å². The first-order valence-corrected chi connectivity index (χ1v) is 5.41. The normalized spacial score (nSPS) is 17.8. The summed E-state index contributed by atoms with van der Waals surface area (Å²) < 4.78 is 27.2. The van der Waals surface area contributed by atoms with Gasteiger partial charge >= 0.3 is 15.6 Å². The van der Waals surface area contributed by atoms with Crippen LogP contribution < -0.4 is 4.89 Å². The van der Waals surface area contributed by atoms with Crippen molar-refractivity contribution in [2.24, 2.45) is 0 Å². The molecular weight excluding hydrogens is 220 g/mol. The fourth-order valence-electron chi connectivity index (χ4n) is 0.203. The Hall–Kier alpha value is 0.570. The van der Waals surface area contributed by atoms with Gasteiger partial charge in [0.25, 0.3) is 0 Å². The van der Waals surface area contributed by atoms with E-state index in [-0.39, 0.29) is 0 Å². The maximum Gasteiger partial charge on any atom is 0.498 e. The molecule has 0 aromatic carbocycles. The average molecular weight is 225 g/mol. The molecule has 0 saturated heterocycles. The summed E-state index contributed by atoms with van der Waals surface area (Å²) in [6.07, 6.45) is 0. The SMILES string of the molecule is O=P(O)(O)OP(=O)(O)ONS. The molecule has 0 heterocycles. The van der Waals surface area contributed by atoms with E-state index in [0.29, 0.717) is 0 Å². The van der Waals surface area contributed by atoms with Gasteiger partial charge < -0.3 is 14.7 Å². The molecule has 68 valence electrons. The van der Waals surface area contributed by atoms with Crippen molar-refractivity contribution in [2.45, 2.75) is 0 Å². The van der Waals surface area contributed by atoms with Crippen molar-refractivity contribution in [1.82, 2.24) is 4.89 Å². The van der Waals surface area contributed by atoms with Crippen LogP contribution in [-0.2, 0) is 18.1 Å². The highest BCUT2D eigenvalue weighted by molar-refractivity contribution is 7.78. The fraction of sp³-hybridized carbons (Fsp3) is 0. The zero-order valence-corrected chi connectivity index (χ0v) is 7.50. The van der Waals surface area contributed by atoms with Crippen LogP contribution in [0.15, 0.2) is 0 Å². The Morgan fingerprint density at radius 1 is 1.27 bits per heavy atom. The number of hydrogen-bond donors (Lipinski definition) is 5. The van der Waals surface area contributed by atoms with E-state index in [1.54, 1.807) is 0 Å². The van der Waals surface area contributed by atoms with Gasteiger partial charge in [0.2, 0.25) is 0 Å². The number of thiol groups is 1. The minimum atomic E-state index is -5.03. The number of hydrogen-bond acceptors (Lipinski definition) is 6. The quantitative estimate of drug-likeness (QED) is 0.247. The highest BCUT2D eigenvalue weighted by atomic mass is 32.1. The van der Waals surface area contributed by atoms with Crippen LogP contribution in [0.5, 0.6) is 0 Å². The lowest BCUT2D eigenvalue weighted by atomic mass is 13.5. The monoisotopic (exact) mass is 225 g/mol. The molecule has 0 aliphatic carbocycles. The molecule has 0 fully saturated rings. The van der Waals surface area contributed by atoms with E-state index in [4.69, 9.17) is 14.7 Å². The topological polar surface area (TPSA) is 125 Å². The summed E-state index contributed by atoms with van der Waals surface area (Å²) in [5, 5.41) is 0. The molecule has 0 aromatic rings. The third kappa shape index (κ3) is 6.95. The largest absolute Gasteiger partial charge is 0.498 e. The third-order valence-corrected chi connectivity index (χ3v) is 2.60. The van der Waals surface area contributed by atoms with Crippen molar-refractivity contribution in [3.05, 3.63) is 0 Å². The molecule has 1 atom stereocenters. The van der Waals surface area contributed by atoms with Gasteiger partial charge in [-0.05, 0) is 0 Å². The lowest BCUT2D eigenvalue weighted by molar-refractivity contribution is 0.163. The van der Waals surface area contributed by atoms with Crippen LogP contribution in [-0.4, -0.2) is 14.7 Å². The van der Waals surface area contributed by atoms with Crippen molar-refractivity contribution >= 4 is 28.5 Å². The third-order valence-electron chi connectivity index (χ3n) is 0.366.